The first-order valence-corrected chi connectivity index (χ1v) is 6.01. The average Bonchev–Trinajstić information content (AvgIpc) is 2.65. The molecule has 0 spiro atoms. The van der Waals surface area contributed by atoms with E-state index in [4.69, 9.17) is 10.5 Å². The third kappa shape index (κ3) is 1.96. The van der Waals surface area contributed by atoms with E-state index in [2.05, 4.69) is 16.6 Å². The van der Waals surface area contributed by atoms with Crippen LogP contribution in [0.4, 0.5) is 5.82 Å². The molecule has 0 saturated carbocycles. The Kier molecular flexibility index (Phi) is 3.30. The van der Waals surface area contributed by atoms with Gasteiger partial charge in [0.25, 0.3) is 0 Å². The third-order valence-electron chi connectivity index (χ3n) is 3.57. The lowest BCUT2D eigenvalue weighted by molar-refractivity contribution is 0.0295. The molecule has 0 unspecified atom stereocenters. The molecule has 100 valence electrons. The lowest BCUT2D eigenvalue weighted by Gasteiger charge is -2.36. The van der Waals surface area contributed by atoms with Gasteiger partial charge in [-0.3, -0.25) is 0 Å². The Bertz CT molecular complexity index is 461. The number of carbonyl (C=O) groups is 1. The van der Waals surface area contributed by atoms with Gasteiger partial charge in [0, 0.05) is 18.8 Å². The molecule has 0 aliphatic carbocycles. The summed E-state index contributed by atoms with van der Waals surface area (Å²) in [5.41, 5.74) is 6.11. The fourth-order valence-corrected chi connectivity index (χ4v) is 2.51. The van der Waals surface area contributed by atoms with Gasteiger partial charge in [-0.2, -0.15) is 0 Å². The van der Waals surface area contributed by atoms with Crippen molar-refractivity contribution in [2.24, 2.45) is 0 Å². The van der Waals surface area contributed by atoms with Crippen molar-refractivity contribution >= 4 is 11.8 Å². The van der Waals surface area contributed by atoms with Crippen LogP contribution >= 0.6 is 0 Å². The number of nitrogen functional groups attached to an aromatic ring is 1. The van der Waals surface area contributed by atoms with E-state index in [1.54, 1.807) is 0 Å². The maximum atomic E-state index is 11.6. The lowest BCUT2D eigenvalue weighted by atomic mass is 9.92. The first kappa shape index (κ1) is 12.9. The molecular formula is C12H19N3O3. The summed E-state index contributed by atoms with van der Waals surface area (Å²) < 4.78 is 12.0. The predicted molar refractivity (Wildman–Crippen MR) is 66.4 cm³/mol. The number of rotatable bonds is 2. The molecule has 2 N–H and O–H groups in total. The Labute approximate surface area is 106 Å². The van der Waals surface area contributed by atoms with Gasteiger partial charge in [0.15, 0.2) is 5.69 Å². The number of nitrogens with zero attached hydrogens (tertiary/aromatic N) is 2. The van der Waals surface area contributed by atoms with Crippen molar-refractivity contribution in [3.8, 4) is 0 Å². The largest absolute Gasteiger partial charge is 0.464 e. The Morgan fingerprint density at radius 3 is 2.67 bits per heavy atom. The van der Waals surface area contributed by atoms with Crippen LogP contribution in [0.2, 0.25) is 0 Å². The van der Waals surface area contributed by atoms with E-state index >= 15 is 0 Å². The second-order valence-electron chi connectivity index (χ2n) is 4.83. The van der Waals surface area contributed by atoms with Gasteiger partial charge in [0.05, 0.1) is 7.11 Å². The van der Waals surface area contributed by atoms with Gasteiger partial charge in [-0.05, 0) is 26.7 Å². The highest BCUT2D eigenvalue weighted by atomic mass is 16.5. The minimum atomic E-state index is -0.495. The zero-order chi connectivity index (χ0) is 13.3. The van der Waals surface area contributed by atoms with Crippen molar-refractivity contribution in [1.29, 1.82) is 0 Å². The monoisotopic (exact) mass is 253 g/mol. The highest BCUT2D eigenvalue weighted by Crippen LogP contribution is 2.33. The van der Waals surface area contributed by atoms with Gasteiger partial charge in [-0.25, -0.2) is 9.78 Å². The number of ether oxygens (including phenoxy) is 2. The minimum Gasteiger partial charge on any atom is -0.464 e. The molecule has 2 heterocycles. The number of nitrogens with two attached hydrogens (primary N) is 1. The van der Waals surface area contributed by atoms with E-state index in [1.165, 1.54) is 7.11 Å². The number of hydrogen-bond donors (Lipinski definition) is 1. The summed E-state index contributed by atoms with van der Waals surface area (Å²) in [6.07, 6.45) is 1.71. The van der Waals surface area contributed by atoms with E-state index in [0.29, 0.717) is 19.0 Å². The topological polar surface area (TPSA) is 79.4 Å². The van der Waals surface area contributed by atoms with Gasteiger partial charge in [0.1, 0.15) is 11.6 Å². The Balaban J connectivity index is 2.44. The molecular weight excluding hydrogens is 234 g/mol. The maximum Gasteiger partial charge on any atom is 0.360 e. The van der Waals surface area contributed by atoms with Crippen molar-refractivity contribution < 1.29 is 14.3 Å². The first-order chi connectivity index (χ1) is 8.49. The summed E-state index contributed by atoms with van der Waals surface area (Å²) in [6, 6.07) is 0. The maximum absolute atomic E-state index is 11.6. The van der Waals surface area contributed by atoms with Crippen LogP contribution in [0.25, 0.3) is 0 Å². The molecule has 0 bridgehead atoms. The van der Waals surface area contributed by atoms with Gasteiger partial charge in [-0.1, -0.05) is 0 Å². The van der Waals surface area contributed by atoms with Gasteiger partial charge < -0.3 is 19.8 Å². The summed E-state index contributed by atoms with van der Waals surface area (Å²) in [7, 11) is 1.33. The van der Waals surface area contributed by atoms with Crippen molar-refractivity contribution in [3.05, 3.63) is 11.5 Å². The summed E-state index contributed by atoms with van der Waals surface area (Å²) in [4.78, 5) is 15.8. The summed E-state index contributed by atoms with van der Waals surface area (Å²) in [5, 5.41) is 0. The standard InChI is InChI=1S/C12H19N3O3/c1-8-14-9(11(16)17-3)10(13)15(8)12(2)4-6-18-7-5-12/h4-7,13H2,1-3H3. The summed E-state index contributed by atoms with van der Waals surface area (Å²) >= 11 is 0. The fourth-order valence-electron chi connectivity index (χ4n) is 2.51. The van der Waals surface area contributed by atoms with Crippen LogP contribution < -0.4 is 5.73 Å². The predicted octanol–water partition coefficient (Wildman–Crippen LogP) is 1.09. The highest BCUT2D eigenvalue weighted by Gasteiger charge is 2.34. The number of carbonyl (C=O) groups excluding carboxylic acids is 1. The van der Waals surface area contributed by atoms with Crippen LogP contribution in [0.3, 0.4) is 0 Å². The zero-order valence-electron chi connectivity index (χ0n) is 11.0. The Hall–Kier alpha value is -1.56. The molecule has 1 aromatic heterocycles. The number of esters is 1. The molecule has 0 amide bonds. The van der Waals surface area contributed by atoms with E-state index < -0.39 is 5.97 Å². The molecule has 2 rings (SSSR count). The SMILES string of the molecule is COC(=O)c1nc(C)n(C2(C)CCOCC2)c1N. The number of aryl methyl sites for hydroxylation is 1. The molecule has 0 atom stereocenters. The van der Waals surface area contributed by atoms with Gasteiger partial charge in [0.2, 0.25) is 0 Å². The molecule has 6 heteroatoms. The number of hydrogen-bond acceptors (Lipinski definition) is 5. The smallest absolute Gasteiger partial charge is 0.360 e. The van der Waals surface area contributed by atoms with Crippen LogP contribution in [-0.2, 0) is 15.0 Å². The molecule has 6 nitrogen and oxygen atoms in total. The quantitative estimate of drug-likeness (QED) is 0.798. The summed E-state index contributed by atoms with van der Waals surface area (Å²) in [6.45, 7) is 5.35. The van der Waals surface area contributed by atoms with Crippen LogP contribution in [0.15, 0.2) is 0 Å². The van der Waals surface area contributed by atoms with Crippen LogP contribution in [-0.4, -0.2) is 35.8 Å². The van der Waals surface area contributed by atoms with Crippen LogP contribution in [0, 0.1) is 6.92 Å². The Morgan fingerprint density at radius 2 is 2.11 bits per heavy atom. The third-order valence-corrected chi connectivity index (χ3v) is 3.57. The second-order valence-corrected chi connectivity index (χ2v) is 4.83. The first-order valence-electron chi connectivity index (χ1n) is 6.01. The molecule has 1 aromatic rings. The van der Waals surface area contributed by atoms with Crippen LogP contribution in [0.1, 0.15) is 36.1 Å². The van der Waals surface area contributed by atoms with Crippen molar-refractivity contribution in [2.45, 2.75) is 32.2 Å². The molecule has 1 aliphatic heterocycles. The molecule has 1 aliphatic rings. The van der Waals surface area contributed by atoms with Crippen molar-refractivity contribution in [2.75, 3.05) is 26.1 Å². The van der Waals surface area contributed by atoms with Crippen LogP contribution in [0.5, 0.6) is 0 Å². The average molecular weight is 253 g/mol. The van der Waals surface area contributed by atoms with E-state index in [0.717, 1.165) is 18.7 Å². The van der Waals surface area contributed by atoms with Gasteiger partial charge in [-0.15, -0.1) is 0 Å². The number of methoxy groups -OCH3 is 1. The number of anilines is 1. The lowest BCUT2D eigenvalue weighted by Crippen LogP contribution is -2.38. The highest BCUT2D eigenvalue weighted by molar-refractivity contribution is 5.92. The fraction of sp³-hybridized carbons (Fsp3) is 0.667. The van der Waals surface area contributed by atoms with E-state index in [-0.39, 0.29) is 11.2 Å². The van der Waals surface area contributed by atoms with Gasteiger partial charge >= 0.3 is 5.97 Å². The van der Waals surface area contributed by atoms with Crippen molar-refractivity contribution in [1.82, 2.24) is 9.55 Å². The summed E-state index contributed by atoms with van der Waals surface area (Å²) in [5.74, 6) is 0.617. The molecule has 18 heavy (non-hydrogen) atoms. The van der Waals surface area contributed by atoms with Crippen molar-refractivity contribution in [3.63, 3.8) is 0 Å². The minimum absolute atomic E-state index is 0.147. The Morgan fingerprint density at radius 1 is 1.50 bits per heavy atom. The van der Waals surface area contributed by atoms with E-state index in [1.807, 2.05) is 11.5 Å². The molecule has 0 radical (unpaired) electrons. The number of aromatic nitrogens is 2. The normalized spacial score (nSPS) is 18.6. The van der Waals surface area contributed by atoms with E-state index in [9.17, 15) is 4.79 Å². The zero-order valence-corrected chi connectivity index (χ0v) is 11.0. The molecule has 0 aromatic carbocycles. The second kappa shape index (κ2) is 4.61. The number of imidazole rings is 1. The molecule has 1 saturated heterocycles. The molecule has 1 fully saturated rings.